The van der Waals surface area contributed by atoms with Gasteiger partial charge in [-0.3, -0.25) is 0 Å². The van der Waals surface area contributed by atoms with Gasteiger partial charge in [-0.15, -0.1) is 0 Å². The number of urea groups is 1. The molecule has 0 radical (unpaired) electrons. The Balaban J connectivity index is 2.61. The van der Waals surface area contributed by atoms with Gasteiger partial charge in [0.2, 0.25) is 0 Å². The van der Waals surface area contributed by atoms with E-state index in [9.17, 15) is 4.79 Å². The molecule has 2 unspecified atom stereocenters. The molecule has 112 valence electrons. The van der Waals surface area contributed by atoms with Crippen molar-refractivity contribution in [3.63, 3.8) is 0 Å². The first-order valence-corrected chi connectivity index (χ1v) is 7.29. The molecule has 5 nitrogen and oxygen atoms in total. The van der Waals surface area contributed by atoms with Crippen LogP contribution in [0.4, 0.5) is 4.79 Å². The first-order chi connectivity index (χ1) is 9.05. The SMILES string of the molecule is CCOC1CC(NC(=O)N(C)CCO)C1(CC)CC. The third-order valence-corrected chi connectivity index (χ3v) is 4.55. The van der Waals surface area contributed by atoms with Crippen molar-refractivity contribution in [2.24, 2.45) is 5.41 Å². The molecule has 0 heterocycles. The number of amides is 2. The van der Waals surface area contributed by atoms with Crippen LogP contribution < -0.4 is 5.32 Å². The zero-order valence-electron chi connectivity index (χ0n) is 12.6. The second kappa shape index (κ2) is 7.10. The van der Waals surface area contributed by atoms with Gasteiger partial charge in [-0.25, -0.2) is 4.79 Å². The highest BCUT2D eigenvalue weighted by Gasteiger charge is 2.53. The van der Waals surface area contributed by atoms with E-state index in [1.165, 1.54) is 4.90 Å². The summed E-state index contributed by atoms with van der Waals surface area (Å²) in [5.74, 6) is 0. The summed E-state index contributed by atoms with van der Waals surface area (Å²) >= 11 is 0. The summed E-state index contributed by atoms with van der Waals surface area (Å²) < 4.78 is 5.79. The molecule has 0 aromatic rings. The number of carbonyl (C=O) groups is 1. The molecule has 0 aromatic carbocycles. The fraction of sp³-hybridized carbons (Fsp3) is 0.929. The molecule has 0 saturated heterocycles. The second-order valence-electron chi connectivity index (χ2n) is 5.27. The van der Waals surface area contributed by atoms with Crippen molar-refractivity contribution in [3.8, 4) is 0 Å². The van der Waals surface area contributed by atoms with Crippen LogP contribution in [0.15, 0.2) is 0 Å². The van der Waals surface area contributed by atoms with E-state index in [2.05, 4.69) is 19.2 Å². The van der Waals surface area contributed by atoms with E-state index in [1.54, 1.807) is 7.05 Å². The lowest BCUT2D eigenvalue weighted by molar-refractivity contribution is -0.134. The molecule has 5 heteroatoms. The van der Waals surface area contributed by atoms with Gasteiger partial charge in [0.25, 0.3) is 0 Å². The normalized spacial score (nSPS) is 24.7. The summed E-state index contributed by atoms with van der Waals surface area (Å²) in [5.41, 5.74) is 0.0612. The lowest BCUT2D eigenvalue weighted by Crippen LogP contribution is -2.65. The Hall–Kier alpha value is -0.810. The van der Waals surface area contributed by atoms with Crippen LogP contribution in [0.5, 0.6) is 0 Å². The molecule has 1 aliphatic carbocycles. The van der Waals surface area contributed by atoms with E-state index in [0.29, 0.717) is 6.54 Å². The smallest absolute Gasteiger partial charge is 0.317 e. The average Bonchev–Trinajstić information content (AvgIpc) is 2.39. The monoisotopic (exact) mass is 272 g/mol. The zero-order chi connectivity index (χ0) is 14.5. The third kappa shape index (κ3) is 3.20. The number of aliphatic hydroxyl groups excluding tert-OH is 1. The van der Waals surface area contributed by atoms with Crippen molar-refractivity contribution in [2.75, 3.05) is 26.8 Å². The minimum atomic E-state index is -0.111. The molecule has 1 fully saturated rings. The summed E-state index contributed by atoms with van der Waals surface area (Å²) in [7, 11) is 1.70. The minimum Gasteiger partial charge on any atom is -0.395 e. The van der Waals surface area contributed by atoms with Crippen molar-refractivity contribution >= 4 is 6.03 Å². The third-order valence-electron chi connectivity index (χ3n) is 4.55. The van der Waals surface area contributed by atoms with Gasteiger partial charge < -0.3 is 20.1 Å². The molecular formula is C14H28N2O3. The van der Waals surface area contributed by atoms with Crippen LogP contribution in [0.1, 0.15) is 40.0 Å². The van der Waals surface area contributed by atoms with Crippen LogP contribution in [0.25, 0.3) is 0 Å². The topological polar surface area (TPSA) is 61.8 Å². The number of hydrogen-bond donors (Lipinski definition) is 2. The Morgan fingerprint density at radius 2 is 2.05 bits per heavy atom. The number of carbonyl (C=O) groups excluding carboxylic acids is 1. The standard InChI is InChI=1S/C14H28N2O3/c1-5-14(6-2)11(10-12(14)19-7-3)15-13(18)16(4)8-9-17/h11-12,17H,5-10H2,1-4H3,(H,15,18). The van der Waals surface area contributed by atoms with Crippen molar-refractivity contribution in [1.82, 2.24) is 10.2 Å². The Morgan fingerprint density at radius 3 is 2.53 bits per heavy atom. The maximum atomic E-state index is 12.0. The molecule has 19 heavy (non-hydrogen) atoms. The fourth-order valence-corrected chi connectivity index (χ4v) is 3.09. The summed E-state index contributed by atoms with van der Waals surface area (Å²) in [6.45, 7) is 7.40. The Labute approximate surface area is 116 Å². The van der Waals surface area contributed by atoms with E-state index in [-0.39, 0.29) is 30.2 Å². The first-order valence-electron chi connectivity index (χ1n) is 7.29. The quantitative estimate of drug-likeness (QED) is 0.740. The van der Waals surface area contributed by atoms with Gasteiger partial charge in [-0.1, -0.05) is 13.8 Å². The van der Waals surface area contributed by atoms with Gasteiger partial charge in [0.05, 0.1) is 12.7 Å². The predicted molar refractivity (Wildman–Crippen MR) is 75.1 cm³/mol. The Kier molecular flexibility index (Phi) is 6.07. The Bertz CT molecular complexity index is 292. The number of nitrogens with zero attached hydrogens (tertiary/aromatic N) is 1. The van der Waals surface area contributed by atoms with E-state index in [1.807, 2.05) is 6.92 Å². The van der Waals surface area contributed by atoms with Gasteiger partial charge in [-0.05, 0) is 26.2 Å². The Morgan fingerprint density at radius 1 is 1.42 bits per heavy atom. The molecular weight excluding hydrogens is 244 g/mol. The van der Waals surface area contributed by atoms with Gasteiger partial charge in [0.1, 0.15) is 0 Å². The maximum absolute atomic E-state index is 12.0. The van der Waals surface area contributed by atoms with Gasteiger partial charge in [-0.2, -0.15) is 0 Å². The number of aliphatic hydroxyl groups is 1. The highest BCUT2D eigenvalue weighted by molar-refractivity contribution is 5.74. The summed E-state index contributed by atoms with van der Waals surface area (Å²) in [5, 5.41) is 11.9. The van der Waals surface area contributed by atoms with E-state index in [0.717, 1.165) is 25.9 Å². The molecule has 1 rings (SSSR count). The van der Waals surface area contributed by atoms with E-state index < -0.39 is 0 Å². The lowest BCUT2D eigenvalue weighted by Gasteiger charge is -2.55. The molecule has 2 amide bonds. The molecule has 1 aliphatic rings. The van der Waals surface area contributed by atoms with Crippen molar-refractivity contribution in [3.05, 3.63) is 0 Å². The van der Waals surface area contributed by atoms with Crippen LogP contribution in [-0.2, 0) is 4.74 Å². The number of ether oxygens (including phenoxy) is 1. The van der Waals surface area contributed by atoms with Gasteiger partial charge in [0, 0.05) is 31.7 Å². The molecule has 0 aromatic heterocycles. The van der Waals surface area contributed by atoms with Crippen molar-refractivity contribution in [2.45, 2.75) is 52.2 Å². The van der Waals surface area contributed by atoms with Crippen LogP contribution in [0.3, 0.4) is 0 Å². The largest absolute Gasteiger partial charge is 0.395 e. The minimum absolute atomic E-state index is 0.0111. The predicted octanol–water partition coefficient (Wildman–Crippen LogP) is 1.60. The summed E-state index contributed by atoms with van der Waals surface area (Å²) in [6.07, 6.45) is 3.14. The number of nitrogens with one attached hydrogen (secondary N) is 1. The second-order valence-corrected chi connectivity index (χ2v) is 5.27. The highest BCUT2D eigenvalue weighted by atomic mass is 16.5. The summed E-state index contributed by atoms with van der Waals surface area (Å²) in [4.78, 5) is 13.5. The fourth-order valence-electron chi connectivity index (χ4n) is 3.09. The van der Waals surface area contributed by atoms with E-state index >= 15 is 0 Å². The molecule has 2 N–H and O–H groups in total. The van der Waals surface area contributed by atoms with Crippen LogP contribution in [0.2, 0.25) is 0 Å². The van der Waals surface area contributed by atoms with Crippen molar-refractivity contribution in [1.29, 1.82) is 0 Å². The first kappa shape index (κ1) is 16.2. The zero-order valence-corrected chi connectivity index (χ0v) is 12.6. The van der Waals surface area contributed by atoms with Gasteiger partial charge >= 0.3 is 6.03 Å². The van der Waals surface area contributed by atoms with Crippen LogP contribution >= 0.6 is 0 Å². The van der Waals surface area contributed by atoms with Crippen molar-refractivity contribution < 1.29 is 14.6 Å². The molecule has 0 aliphatic heterocycles. The maximum Gasteiger partial charge on any atom is 0.317 e. The molecule has 0 bridgehead atoms. The number of hydrogen-bond acceptors (Lipinski definition) is 3. The van der Waals surface area contributed by atoms with Gasteiger partial charge in [0.15, 0.2) is 0 Å². The molecule has 1 saturated carbocycles. The van der Waals surface area contributed by atoms with E-state index in [4.69, 9.17) is 9.84 Å². The van der Waals surface area contributed by atoms with Crippen LogP contribution in [-0.4, -0.2) is 55.0 Å². The average molecular weight is 272 g/mol. The summed E-state index contributed by atoms with van der Waals surface area (Å²) in [6, 6.07) is 0.0629. The number of likely N-dealkylation sites (N-methyl/N-ethyl adjacent to an activating group) is 1. The lowest BCUT2D eigenvalue weighted by atomic mass is 9.58. The number of rotatable bonds is 7. The molecule has 2 atom stereocenters. The highest BCUT2D eigenvalue weighted by Crippen LogP contribution is 2.48. The molecule has 0 spiro atoms. The van der Waals surface area contributed by atoms with Crippen LogP contribution in [0, 0.1) is 5.41 Å².